The van der Waals surface area contributed by atoms with Crippen molar-refractivity contribution >= 4 is 141 Å². The minimum absolute atomic E-state index is 0.624. The molecular weight excluding hydrogens is 1460 g/mol. The fourth-order valence-electron chi connectivity index (χ4n) is 11.6. The van der Waals surface area contributed by atoms with E-state index in [1.807, 2.05) is 125 Å². The van der Waals surface area contributed by atoms with Gasteiger partial charge >= 0.3 is 35.2 Å². The molecule has 9 rings (SSSR count). The summed E-state index contributed by atoms with van der Waals surface area (Å²) in [6.45, 7) is 33.8. The molecule has 0 atom stereocenters. The highest BCUT2D eigenvalue weighted by molar-refractivity contribution is 9.08. The van der Waals surface area contributed by atoms with Gasteiger partial charge in [0, 0.05) is 153 Å². The molecule has 3 N–H and O–H groups in total. The van der Waals surface area contributed by atoms with Crippen molar-refractivity contribution in [3.63, 3.8) is 0 Å². The first-order valence-corrected chi connectivity index (χ1v) is 47.6. The lowest BCUT2D eigenvalue weighted by atomic mass is 10.1. The standard InChI is InChI=1S/C23H32N2O3Si.C23H31NO3SSi.C14H10BrN.C9H23NO3Si.C9H22O3SSi/c1-4-26-29(27-5-2,28-6-3)15-9-14-24-18-19-12-13-23-21(16-19)17-20-10-7-8-11-22(20)25-23;1-4-25-29(26-5-2,27-6-3)15-9-14-28-18-19-12-13-23-21(16-19)17-20-10-7-8-11-22(20)24-23;15-9-10-5-6-14-12(7-10)8-11-3-1-2-4-13(11)16-14;1-4-11-14(12-5-2,13-6-3)9-7-8-10;1-4-10-14(11-5-2,12-6-3)9-7-8-13/h7-8,10-13,16-17,24H,4-6,9,14-15,18H2,1-3H3;7-8,10-13,16-17H,4-6,9,14-15,18H2,1-3H3;1-8H,9H2;4-10H2,1-3H3;13H,4-9H2,1-3H3. The summed E-state index contributed by atoms with van der Waals surface area (Å²) in [4.78, 5) is 14.2. The molecule has 562 valence electrons. The molecule has 0 aliphatic carbocycles. The van der Waals surface area contributed by atoms with Crippen LogP contribution < -0.4 is 11.1 Å². The number of fused-ring (bicyclic) bond motifs is 6. The Bertz CT molecular complexity index is 3520. The summed E-state index contributed by atoms with van der Waals surface area (Å²) in [5.41, 5.74) is 15.7. The Morgan fingerprint density at radius 1 is 0.363 bits per heavy atom. The Kier molecular flexibility index (Phi) is 43.7. The van der Waals surface area contributed by atoms with Crippen molar-refractivity contribution in [3.05, 3.63) is 162 Å². The lowest BCUT2D eigenvalue weighted by Gasteiger charge is -2.28. The van der Waals surface area contributed by atoms with Gasteiger partial charge in [0.2, 0.25) is 0 Å². The number of aromatic nitrogens is 3. The number of hydrogen-bond acceptors (Lipinski definition) is 19. The molecule has 0 aliphatic heterocycles. The predicted octanol–water partition coefficient (Wildman–Crippen LogP) is 19.0. The summed E-state index contributed by atoms with van der Waals surface area (Å²) in [5.74, 6) is 2.91. The summed E-state index contributed by atoms with van der Waals surface area (Å²) in [7, 11) is -9.81. The van der Waals surface area contributed by atoms with Crippen LogP contribution in [0.2, 0.25) is 24.2 Å². The number of alkyl halides is 1. The number of thiol groups is 1. The third-order valence-electron chi connectivity index (χ3n) is 15.8. The number of thioether (sulfide) groups is 1. The van der Waals surface area contributed by atoms with Gasteiger partial charge in [-0.05, 0) is 223 Å². The van der Waals surface area contributed by atoms with E-state index in [2.05, 4.69) is 154 Å². The van der Waals surface area contributed by atoms with Crippen LogP contribution in [0.3, 0.4) is 0 Å². The fourth-order valence-corrected chi connectivity index (χ4v) is 24.1. The molecule has 9 aromatic rings. The molecule has 24 heteroatoms. The van der Waals surface area contributed by atoms with E-state index in [0.717, 1.165) is 119 Å². The second-order valence-electron chi connectivity index (χ2n) is 23.3. The highest BCUT2D eigenvalue weighted by atomic mass is 79.9. The topological polar surface area (TPSA) is 187 Å². The lowest BCUT2D eigenvalue weighted by molar-refractivity contribution is 0.0701. The molecule has 0 radical (unpaired) electrons. The first-order chi connectivity index (χ1) is 49.7. The number of halogens is 1. The number of hydrogen-bond donors (Lipinski definition) is 3. The Balaban J connectivity index is 0.000000239. The maximum absolute atomic E-state index is 5.94. The predicted molar refractivity (Wildman–Crippen MR) is 441 cm³/mol. The summed E-state index contributed by atoms with van der Waals surface area (Å²) < 4.78 is 69.5. The first kappa shape index (κ1) is 88.4. The fraction of sp³-hybridized carbons (Fsp3) is 0.500. The van der Waals surface area contributed by atoms with Crippen molar-refractivity contribution in [1.82, 2.24) is 20.3 Å². The summed E-state index contributed by atoms with van der Waals surface area (Å²) in [6, 6.07) is 54.2. The van der Waals surface area contributed by atoms with Gasteiger partial charge in [-0.3, -0.25) is 0 Å². The van der Waals surface area contributed by atoms with Crippen LogP contribution in [0.1, 0.15) is 125 Å². The minimum atomic E-state index is -2.54. The molecule has 0 unspecified atom stereocenters. The third kappa shape index (κ3) is 29.9. The zero-order chi connectivity index (χ0) is 73.7. The molecule has 17 nitrogen and oxygen atoms in total. The number of pyridine rings is 3. The van der Waals surface area contributed by atoms with Gasteiger partial charge < -0.3 is 64.2 Å². The van der Waals surface area contributed by atoms with Gasteiger partial charge in [-0.2, -0.15) is 24.4 Å². The van der Waals surface area contributed by atoms with Gasteiger partial charge in [-0.25, -0.2) is 15.0 Å². The van der Waals surface area contributed by atoms with Crippen LogP contribution in [0.15, 0.2) is 146 Å². The van der Waals surface area contributed by atoms with Crippen LogP contribution in [0, 0.1) is 0 Å². The Morgan fingerprint density at radius 3 is 1.02 bits per heavy atom. The molecule has 0 amide bonds. The van der Waals surface area contributed by atoms with Gasteiger partial charge in [0.25, 0.3) is 0 Å². The highest BCUT2D eigenvalue weighted by Gasteiger charge is 2.42. The number of nitrogens with one attached hydrogen (secondary N) is 1. The molecule has 6 aromatic carbocycles. The summed E-state index contributed by atoms with van der Waals surface area (Å²) in [6.07, 6.45) is 3.88. The number of benzene rings is 6. The Labute approximate surface area is 632 Å². The lowest BCUT2D eigenvalue weighted by Crippen LogP contribution is -2.46. The molecule has 0 spiro atoms. The quantitative estimate of drug-likeness (QED) is 0.0108. The van der Waals surface area contributed by atoms with E-state index in [1.165, 1.54) is 49.0 Å². The van der Waals surface area contributed by atoms with Crippen LogP contribution in [0.4, 0.5) is 0 Å². The van der Waals surface area contributed by atoms with E-state index in [0.29, 0.717) is 85.8 Å². The van der Waals surface area contributed by atoms with E-state index in [9.17, 15) is 0 Å². The molecule has 0 saturated carbocycles. The second-order valence-corrected chi connectivity index (χ2v) is 36.4. The highest BCUT2D eigenvalue weighted by Crippen LogP contribution is 2.28. The molecule has 102 heavy (non-hydrogen) atoms. The molecule has 0 bridgehead atoms. The zero-order valence-electron chi connectivity index (χ0n) is 63.0. The van der Waals surface area contributed by atoms with Crippen molar-refractivity contribution in [1.29, 1.82) is 0 Å². The van der Waals surface area contributed by atoms with E-state index in [1.54, 1.807) is 0 Å². The van der Waals surface area contributed by atoms with Crippen molar-refractivity contribution in [2.24, 2.45) is 5.73 Å². The van der Waals surface area contributed by atoms with Crippen LogP contribution >= 0.6 is 40.3 Å². The smallest absolute Gasteiger partial charge is 0.374 e. The number of nitrogens with two attached hydrogens (primary N) is 1. The van der Waals surface area contributed by atoms with Crippen molar-refractivity contribution in [2.45, 2.75) is 151 Å². The summed E-state index contributed by atoms with van der Waals surface area (Å²) >= 11 is 9.61. The molecular formula is C78H118BrN5O12S2Si4. The SMILES string of the molecule is BrCc1ccc2nc3ccccc3cc2c1.CCO[Si](CCCN)(OCC)OCC.CCO[Si](CCCNCc1ccc2nc3ccccc3cc2c1)(OCC)OCC.CCO[Si](CCCS)(OCC)OCC.CCO[Si](CCCSCc1ccc2nc3ccccc3cc2c1)(OCC)OCC. The maximum Gasteiger partial charge on any atom is 0.500 e. The Morgan fingerprint density at radius 2 is 0.667 bits per heavy atom. The average Bonchev–Trinajstić information content (AvgIpc) is 0.810. The normalized spacial score (nSPS) is 11.9. The first-order valence-electron chi connectivity index (χ1n) is 36.9. The number of para-hydroxylation sites is 3. The van der Waals surface area contributed by atoms with Crippen molar-refractivity contribution < 1.29 is 53.1 Å². The van der Waals surface area contributed by atoms with Crippen molar-refractivity contribution in [3.8, 4) is 0 Å². The largest absolute Gasteiger partial charge is 0.500 e. The second kappa shape index (κ2) is 50.4. The van der Waals surface area contributed by atoms with E-state index < -0.39 is 35.2 Å². The van der Waals surface area contributed by atoms with Gasteiger partial charge in [-0.15, -0.1) is 0 Å². The average molecular weight is 1570 g/mol. The molecule has 0 fully saturated rings. The molecule has 0 saturated heterocycles. The van der Waals surface area contributed by atoms with Crippen LogP contribution in [0.5, 0.6) is 0 Å². The van der Waals surface area contributed by atoms with Gasteiger partial charge in [-0.1, -0.05) is 88.7 Å². The van der Waals surface area contributed by atoms with Crippen molar-refractivity contribution in [2.75, 3.05) is 104 Å². The minimum Gasteiger partial charge on any atom is -0.374 e. The molecule has 3 aromatic heterocycles. The monoisotopic (exact) mass is 1570 g/mol. The van der Waals surface area contributed by atoms with Crippen LogP contribution in [0.25, 0.3) is 65.4 Å². The van der Waals surface area contributed by atoms with Gasteiger partial charge in [0.05, 0.1) is 33.1 Å². The van der Waals surface area contributed by atoms with Crippen LogP contribution in [-0.2, 0) is 70.7 Å². The zero-order valence-corrected chi connectivity index (χ0v) is 70.3. The molecule has 0 aliphatic rings. The van der Waals surface area contributed by atoms with E-state index in [4.69, 9.17) is 68.8 Å². The number of nitrogens with zero attached hydrogens (tertiary/aromatic N) is 3. The number of rotatable bonds is 43. The van der Waals surface area contributed by atoms with Gasteiger partial charge in [0.15, 0.2) is 0 Å². The summed E-state index contributed by atoms with van der Waals surface area (Å²) in [5, 5.41) is 11.6. The Hall–Kier alpha value is -4.18. The third-order valence-corrected chi connectivity index (χ3v) is 30.5. The van der Waals surface area contributed by atoms with E-state index >= 15 is 0 Å². The van der Waals surface area contributed by atoms with Crippen LogP contribution in [-0.4, -0.2) is 154 Å². The van der Waals surface area contributed by atoms with E-state index in [-0.39, 0.29) is 0 Å². The van der Waals surface area contributed by atoms with Gasteiger partial charge in [0.1, 0.15) is 0 Å². The maximum atomic E-state index is 5.94. The molecule has 3 heterocycles.